The van der Waals surface area contributed by atoms with Crippen LogP contribution in [0.2, 0.25) is 0 Å². The van der Waals surface area contributed by atoms with E-state index in [1.54, 1.807) is 12.4 Å². The van der Waals surface area contributed by atoms with Crippen LogP contribution in [-0.4, -0.2) is 39.8 Å². The molecule has 122 valence electrons. The molecule has 6 heteroatoms. The van der Waals surface area contributed by atoms with Gasteiger partial charge in [0, 0.05) is 43.4 Å². The summed E-state index contributed by atoms with van der Waals surface area (Å²) in [7, 11) is 0. The Kier molecular flexibility index (Phi) is 4.15. The van der Waals surface area contributed by atoms with Crippen LogP contribution < -0.4 is 10.2 Å². The van der Waals surface area contributed by atoms with E-state index in [1.165, 1.54) is 0 Å². The van der Waals surface area contributed by atoms with E-state index < -0.39 is 0 Å². The molecule has 0 aromatic carbocycles. The van der Waals surface area contributed by atoms with Crippen molar-refractivity contribution in [3.8, 4) is 0 Å². The quantitative estimate of drug-likeness (QED) is 0.935. The lowest BCUT2D eigenvalue weighted by Gasteiger charge is -2.40. The standard InChI is InChI=1S/C17H24N6/c1-12-16(19-8-7-18-12)20-9-13-10-23(11-13)15-6-5-14(21-22-15)17(2,3)4/h5-8,13H,9-11H2,1-4H3,(H,19,20). The van der Waals surface area contributed by atoms with Gasteiger partial charge in [0.05, 0.1) is 11.4 Å². The summed E-state index contributed by atoms with van der Waals surface area (Å²) in [5, 5.41) is 12.1. The number of hydrogen-bond donors (Lipinski definition) is 1. The second kappa shape index (κ2) is 6.10. The number of nitrogens with zero attached hydrogens (tertiary/aromatic N) is 5. The van der Waals surface area contributed by atoms with E-state index in [0.29, 0.717) is 5.92 Å². The molecule has 1 aliphatic heterocycles. The first kappa shape index (κ1) is 15.6. The highest BCUT2D eigenvalue weighted by atomic mass is 15.3. The minimum Gasteiger partial charge on any atom is -0.368 e. The molecular weight excluding hydrogens is 288 g/mol. The molecule has 3 rings (SSSR count). The topological polar surface area (TPSA) is 66.8 Å². The number of hydrogen-bond acceptors (Lipinski definition) is 6. The van der Waals surface area contributed by atoms with Crippen LogP contribution in [0.5, 0.6) is 0 Å². The lowest BCUT2D eigenvalue weighted by Crippen LogP contribution is -2.50. The van der Waals surface area contributed by atoms with Crippen molar-refractivity contribution in [2.45, 2.75) is 33.1 Å². The highest BCUT2D eigenvalue weighted by Gasteiger charge is 2.28. The predicted molar refractivity (Wildman–Crippen MR) is 91.7 cm³/mol. The van der Waals surface area contributed by atoms with E-state index in [0.717, 1.165) is 42.7 Å². The van der Waals surface area contributed by atoms with Crippen molar-refractivity contribution in [1.29, 1.82) is 0 Å². The van der Waals surface area contributed by atoms with Gasteiger partial charge < -0.3 is 10.2 Å². The Morgan fingerprint density at radius 3 is 2.48 bits per heavy atom. The summed E-state index contributed by atoms with van der Waals surface area (Å²) in [6.07, 6.45) is 3.43. The molecule has 1 N–H and O–H groups in total. The van der Waals surface area contributed by atoms with Crippen LogP contribution in [0.1, 0.15) is 32.2 Å². The second-order valence-electron chi connectivity index (χ2n) is 7.17. The Labute approximate surface area is 137 Å². The summed E-state index contributed by atoms with van der Waals surface area (Å²) in [6.45, 7) is 11.3. The number of nitrogens with one attached hydrogen (secondary N) is 1. The van der Waals surface area contributed by atoms with Gasteiger partial charge in [-0.1, -0.05) is 20.8 Å². The Hall–Kier alpha value is -2.24. The van der Waals surface area contributed by atoms with Crippen molar-refractivity contribution in [2.24, 2.45) is 5.92 Å². The normalized spacial score (nSPS) is 15.4. The lowest BCUT2D eigenvalue weighted by atomic mass is 9.92. The number of anilines is 2. The largest absolute Gasteiger partial charge is 0.368 e. The lowest BCUT2D eigenvalue weighted by molar-refractivity contribution is 0.424. The van der Waals surface area contributed by atoms with E-state index in [1.807, 2.05) is 6.92 Å². The molecule has 0 radical (unpaired) electrons. The first-order valence-corrected chi connectivity index (χ1v) is 8.04. The maximum absolute atomic E-state index is 4.37. The first-order valence-electron chi connectivity index (χ1n) is 8.04. The van der Waals surface area contributed by atoms with Gasteiger partial charge in [0.2, 0.25) is 0 Å². The average molecular weight is 312 g/mol. The monoisotopic (exact) mass is 312 g/mol. The SMILES string of the molecule is Cc1nccnc1NCC1CN(c2ccc(C(C)(C)C)nn2)C1. The minimum atomic E-state index is 0.0432. The van der Waals surface area contributed by atoms with E-state index in [9.17, 15) is 0 Å². The van der Waals surface area contributed by atoms with Crippen LogP contribution in [0, 0.1) is 12.8 Å². The van der Waals surface area contributed by atoms with Crippen molar-refractivity contribution in [2.75, 3.05) is 29.9 Å². The van der Waals surface area contributed by atoms with Crippen LogP contribution in [0.4, 0.5) is 11.6 Å². The van der Waals surface area contributed by atoms with Crippen molar-refractivity contribution >= 4 is 11.6 Å². The van der Waals surface area contributed by atoms with Crippen LogP contribution in [0.3, 0.4) is 0 Å². The van der Waals surface area contributed by atoms with Gasteiger partial charge in [-0.2, -0.15) is 5.10 Å². The summed E-state index contributed by atoms with van der Waals surface area (Å²) in [5.74, 6) is 2.44. The van der Waals surface area contributed by atoms with E-state index >= 15 is 0 Å². The molecule has 0 spiro atoms. The van der Waals surface area contributed by atoms with Gasteiger partial charge in [-0.05, 0) is 19.1 Å². The van der Waals surface area contributed by atoms with Gasteiger partial charge in [0.15, 0.2) is 5.82 Å². The number of aromatic nitrogens is 4. The average Bonchev–Trinajstić information content (AvgIpc) is 2.47. The van der Waals surface area contributed by atoms with Gasteiger partial charge >= 0.3 is 0 Å². The molecule has 1 fully saturated rings. The molecule has 0 aliphatic carbocycles. The maximum atomic E-state index is 4.37. The molecule has 0 amide bonds. The molecule has 0 atom stereocenters. The molecule has 0 unspecified atom stereocenters. The van der Waals surface area contributed by atoms with Crippen molar-refractivity contribution < 1.29 is 0 Å². The molecular formula is C17H24N6. The predicted octanol–water partition coefficient (Wildman–Crippen LogP) is 2.42. The number of aryl methyl sites for hydroxylation is 1. The fraction of sp³-hybridized carbons (Fsp3) is 0.529. The molecule has 1 saturated heterocycles. The van der Waals surface area contributed by atoms with Crippen molar-refractivity contribution in [3.05, 3.63) is 35.9 Å². The summed E-state index contributed by atoms with van der Waals surface area (Å²) in [4.78, 5) is 10.8. The van der Waals surface area contributed by atoms with Gasteiger partial charge in [-0.15, -0.1) is 5.10 Å². The number of rotatable bonds is 4. The third-order valence-electron chi connectivity index (χ3n) is 4.14. The highest BCUT2D eigenvalue weighted by Crippen LogP contribution is 2.25. The summed E-state index contributed by atoms with van der Waals surface area (Å²) in [6, 6.07) is 4.15. The third-order valence-corrected chi connectivity index (χ3v) is 4.14. The second-order valence-corrected chi connectivity index (χ2v) is 7.17. The summed E-state index contributed by atoms with van der Waals surface area (Å²) in [5.41, 5.74) is 2.01. The zero-order valence-electron chi connectivity index (χ0n) is 14.2. The van der Waals surface area contributed by atoms with Crippen molar-refractivity contribution in [3.63, 3.8) is 0 Å². The van der Waals surface area contributed by atoms with E-state index in [2.05, 4.69) is 63.3 Å². The van der Waals surface area contributed by atoms with Gasteiger partial charge in [-0.3, -0.25) is 4.98 Å². The maximum Gasteiger partial charge on any atom is 0.151 e. The molecule has 0 bridgehead atoms. The Morgan fingerprint density at radius 2 is 1.87 bits per heavy atom. The zero-order chi connectivity index (χ0) is 16.4. The fourth-order valence-corrected chi connectivity index (χ4v) is 2.60. The third kappa shape index (κ3) is 3.57. The van der Waals surface area contributed by atoms with Crippen molar-refractivity contribution in [1.82, 2.24) is 20.2 Å². The van der Waals surface area contributed by atoms with Crippen LogP contribution in [-0.2, 0) is 5.41 Å². The summed E-state index contributed by atoms with van der Waals surface area (Å²) >= 11 is 0. The Morgan fingerprint density at radius 1 is 1.13 bits per heavy atom. The molecule has 0 saturated carbocycles. The van der Waals surface area contributed by atoms with Crippen LogP contribution in [0.25, 0.3) is 0 Å². The first-order chi connectivity index (χ1) is 10.9. The summed E-state index contributed by atoms with van der Waals surface area (Å²) < 4.78 is 0. The van der Waals surface area contributed by atoms with Gasteiger partial charge in [0.25, 0.3) is 0 Å². The smallest absolute Gasteiger partial charge is 0.151 e. The molecule has 1 aliphatic rings. The van der Waals surface area contributed by atoms with Gasteiger partial charge in [-0.25, -0.2) is 4.98 Å². The molecule has 2 aromatic rings. The zero-order valence-corrected chi connectivity index (χ0v) is 14.2. The molecule has 6 nitrogen and oxygen atoms in total. The minimum absolute atomic E-state index is 0.0432. The van der Waals surface area contributed by atoms with E-state index in [4.69, 9.17) is 0 Å². The fourth-order valence-electron chi connectivity index (χ4n) is 2.60. The molecule has 2 aromatic heterocycles. The van der Waals surface area contributed by atoms with Gasteiger partial charge in [0.1, 0.15) is 5.82 Å². The van der Waals surface area contributed by atoms with Crippen LogP contribution >= 0.6 is 0 Å². The van der Waals surface area contributed by atoms with E-state index in [-0.39, 0.29) is 5.41 Å². The Bertz CT molecular complexity index is 656. The highest BCUT2D eigenvalue weighted by molar-refractivity contribution is 5.43. The van der Waals surface area contributed by atoms with Crippen LogP contribution in [0.15, 0.2) is 24.5 Å². The molecule has 3 heterocycles. The Balaban J connectivity index is 1.50. The molecule has 23 heavy (non-hydrogen) atoms.